The third kappa shape index (κ3) is 7.90. The Bertz CT molecular complexity index is 2210. The molecule has 1 saturated heterocycles. The second-order valence-electron chi connectivity index (χ2n) is 17.3. The van der Waals surface area contributed by atoms with Crippen LogP contribution in [0.4, 0.5) is 4.79 Å². The fourth-order valence-electron chi connectivity index (χ4n) is 9.55. The highest BCUT2D eigenvalue weighted by Crippen LogP contribution is 2.46. The van der Waals surface area contributed by atoms with Crippen LogP contribution in [0.2, 0.25) is 0 Å². The van der Waals surface area contributed by atoms with Gasteiger partial charge in [-0.2, -0.15) is 0 Å². The van der Waals surface area contributed by atoms with Gasteiger partial charge in [0.1, 0.15) is 29.2 Å². The number of urea groups is 1. The number of hydrogen-bond donors (Lipinski definition) is 3. The Hall–Kier alpha value is -4.66. The molecule has 4 fully saturated rings. The van der Waals surface area contributed by atoms with E-state index in [2.05, 4.69) is 45.7 Å². The Kier molecular flexibility index (Phi) is 11.2. The third-order valence-electron chi connectivity index (χ3n) is 13.1. The summed E-state index contributed by atoms with van der Waals surface area (Å²) in [5.41, 5.74) is 1.22. The summed E-state index contributed by atoms with van der Waals surface area (Å²) in [4.78, 5) is 65.1. The molecule has 2 bridgehead atoms. The normalized spacial score (nSPS) is 27.9. The number of carbonyl (C=O) groups is 4. The van der Waals surface area contributed by atoms with Crippen LogP contribution in [0.5, 0.6) is 5.88 Å². The molecule has 58 heavy (non-hydrogen) atoms. The van der Waals surface area contributed by atoms with Gasteiger partial charge in [0.15, 0.2) is 0 Å². The van der Waals surface area contributed by atoms with Crippen LogP contribution in [0.15, 0.2) is 43.1 Å². The summed E-state index contributed by atoms with van der Waals surface area (Å²) in [6, 6.07) is 5.68. The second kappa shape index (κ2) is 16.2. The van der Waals surface area contributed by atoms with E-state index in [9.17, 15) is 27.6 Å². The van der Waals surface area contributed by atoms with Crippen LogP contribution < -0.4 is 20.1 Å². The van der Waals surface area contributed by atoms with Gasteiger partial charge >= 0.3 is 6.03 Å². The lowest BCUT2D eigenvalue weighted by Gasteiger charge is -2.33. The van der Waals surface area contributed by atoms with Gasteiger partial charge in [0.2, 0.25) is 27.7 Å². The van der Waals surface area contributed by atoms with Crippen LogP contribution in [0, 0.1) is 18.8 Å². The fraction of sp³-hybridized carbons (Fsp3) is 0.605. The maximum absolute atomic E-state index is 15.0. The SMILES string of the molecule is C=C[C@@H]1C[C@]1(NC(=O)[C@@H]1CC2CN1C(=O)[C@H](C1CCCC1)NC(=O)N(C)CCCCCCCCn1cc(C)c3c4ccccc4nc(c31)O2)C(=O)NS(=O)(=O)C1CC1. The van der Waals surface area contributed by atoms with E-state index in [0.29, 0.717) is 25.3 Å². The largest absolute Gasteiger partial charge is 0.471 e. The molecule has 14 nitrogen and oxygen atoms in total. The van der Waals surface area contributed by atoms with Gasteiger partial charge in [0.25, 0.3) is 5.91 Å². The summed E-state index contributed by atoms with van der Waals surface area (Å²) in [7, 11) is -2.14. The Morgan fingerprint density at radius 2 is 1.71 bits per heavy atom. The van der Waals surface area contributed by atoms with Gasteiger partial charge in [-0.25, -0.2) is 18.2 Å². The zero-order valence-electron chi connectivity index (χ0n) is 33.7. The van der Waals surface area contributed by atoms with Gasteiger partial charge in [0, 0.05) is 49.4 Å². The predicted octanol–water partition coefficient (Wildman–Crippen LogP) is 5.07. The average molecular weight is 816 g/mol. The minimum absolute atomic E-state index is 0.0433. The number of nitrogens with zero attached hydrogens (tertiary/aromatic N) is 4. The molecule has 8 rings (SSSR count). The Balaban J connectivity index is 1.16. The van der Waals surface area contributed by atoms with Crippen molar-refractivity contribution in [2.75, 3.05) is 20.1 Å². The zero-order chi connectivity index (χ0) is 40.8. The maximum Gasteiger partial charge on any atom is 0.317 e. The molecule has 0 radical (unpaired) electrons. The van der Waals surface area contributed by atoms with Crippen molar-refractivity contribution in [2.45, 2.75) is 132 Å². The molecular formula is C43H57N7O7S. The molecule has 5 amide bonds. The zero-order valence-corrected chi connectivity index (χ0v) is 34.5. The summed E-state index contributed by atoms with van der Waals surface area (Å²) >= 11 is 0. The number of para-hydroxylation sites is 1. The number of rotatable bonds is 7. The monoisotopic (exact) mass is 815 g/mol. The molecule has 2 aliphatic heterocycles. The highest BCUT2D eigenvalue weighted by molar-refractivity contribution is 7.91. The molecule has 5 aliphatic rings. The van der Waals surface area contributed by atoms with Gasteiger partial charge in [-0.15, -0.1) is 6.58 Å². The minimum atomic E-state index is -3.89. The van der Waals surface area contributed by atoms with Crippen LogP contribution >= 0.6 is 0 Å². The fourth-order valence-corrected chi connectivity index (χ4v) is 10.9. The van der Waals surface area contributed by atoms with Gasteiger partial charge < -0.3 is 29.7 Å². The lowest BCUT2D eigenvalue weighted by atomic mass is 9.96. The Labute approximate surface area is 340 Å². The van der Waals surface area contributed by atoms with Crippen LogP contribution in [0.1, 0.15) is 95.5 Å². The number of aryl methyl sites for hydroxylation is 2. The maximum atomic E-state index is 15.0. The van der Waals surface area contributed by atoms with E-state index in [0.717, 1.165) is 98.1 Å². The molecule has 312 valence electrons. The highest BCUT2D eigenvalue weighted by atomic mass is 32.2. The number of hydrogen-bond acceptors (Lipinski definition) is 8. The van der Waals surface area contributed by atoms with E-state index < -0.39 is 56.7 Å². The number of carbonyl (C=O) groups excluding carboxylic acids is 4. The van der Waals surface area contributed by atoms with Crippen LogP contribution in [0.25, 0.3) is 21.8 Å². The summed E-state index contributed by atoms with van der Waals surface area (Å²) < 4.78 is 37.0. The van der Waals surface area contributed by atoms with Crippen molar-refractivity contribution in [1.29, 1.82) is 0 Å². The summed E-state index contributed by atoms with van der Waals surface area (Å²) in [5, 5.41) is 7.42. The van der Waals surface area contributed by atoms with Crippen molar-refractivity contribution < 1.29 is 32.3 Å². The minimum Gasteiger partial charge on any atom is -0.471 e. The first-order valence-electron chi connectivity index (χ1n) is 21.3. The van der Waals surface area contributed by atoms with Crippen molar-refractivity contribution in [2.24, 2.45) is 11.8 Å². The molecule has 0 spiro atoms. The molecule has 2 aromatic heterocycles. The van der Waals surface area contributed by atoms with Gasteiger partial charge in [-0.3, -0.25) is 19.1 Å². The van der Waals surface area contributed by atoms with Crippen LogP contribution in [-0.4, -0.2) is 101 Å². The summed E-state index contributed by atoms with van der Waals surface area (Å²) in [6.45, 7) is 7.31. The molecule has 3 N–H and O–H groups in total. The molecule has 15 heteroatoms. The molecule has 3 aliphatic carbocycles. The highest BCUT2D eigenvalue weighted by Gasteiger charge is 2.62. The van der Waals surface area contributed by atoms with E-state index in [1.54, 1.807) is 18.0 Å². The standard InChI is InChI=1S/C43H57N7O7S/c1-4-29-24-43(29,41(53)47-58(55,56)31-19-20-31)46-38(51)34-23-30-26-50(34)40(52)36(28-15-9-10-16-28)45-42(54)48(3)21-13-7-5-6-8-14-22-49-25-27(2)35-32-17-11-12-18-33(32)44-39(57-30)37(35)49/h4,11-12,17-18,25,28-31,34,36H,1,5-10,13-16,19-24,26H2,2-3H3,(H,45,54)(H,46,51)(H,47,53)/t29-,30?,34+,36+,43-/m1/s1. The van der Waals surface area contributed by atoms with Crippen molar-refractivity contribution >= 4 is 55.6 Å². The van der Waals surface area contributed by atoms with Gasteiger partial charge in [-0.1, -0.05) is 62.8 Å². The van der Waals surface area contributed by atoms with Gasteiger partial charge in [-0.05, 0) is 69.4 Å². The molecular weight excluding hydrogens is 759 g/mol. The lowest BCUT2D eigenvalue weighted by molar-refractivity contribution is -0.142. The first-order chi connectivity index (χ1) is 27.9. The van der Waals surface area contributed by atoms with E-state index in [1.165, 1.54) is 4.90 Å². The first kappa shape index (κ1) is 40.1. The quantitative estimate of drug-likeness (QED) is 0.278. The number of nitrogens with one attached hydrogen (secondary N) is 3. The molecule has 4 heterocycles. The molecule has 5 atom stereocenters. The van der Waals surface area contributed by atoms with E-state index >= 15 is 0 Å². The number of sulfonamides is 1. The van der Waals surface area contributed by atoms with Crippen molar-refractivity contribution in [1.82, 2.24) is 34.7 Å². The molecule has 3 saturated carbocycles. The number of fused-ring (bicyclic) bond motifs is 4. The van der Waals surface area contributed by atoms with Gasteiger partial charge in [0.05, 0.1) is 17.3 Å². The summed E-state index contributed by atoms with van der Waals surface area (Å²) in [5.74, 6) is -1.96. The molecule has 1 aromatic carbocycles. The molecule has 3 aromatic rings. The number of ether oxygens (including phenoxy) is 1. The van der Waals surface area contributed by atoms with Crippen LogP contribution in [-0.2, 0) is 31.0 Å². The van der Waals surface area contributed by atoms with E-state index in [-0.39, 0.29) is 37.2 Å². The van der Waals surface area contributed by atoms with Crippen LogP contribution in [0.3, 0.4) is 0 Å². The Morgan fingerprint density at radius 3 is 2.41 bits per heavy atom. The number of pyridine rings is 1. The van der Waals surface area contributed by atoms with E-state index in [4.69, 9.17) is 9.72 Å². The van der Waals surface area contributed by atoms with Crippen molar-refractivity contribution in [3.05, 3.63) is 48.7 Å². The number of amides is 5. The number of aromatic nitrogens is 2. The molecule has 1 unspecified atom stereocenters. The van der Waals surface area contributed by atoms with E-state index in [1.807, 2.05) is 18.2 Å². The smallest absolute Gasteiger partial charge is 0.317 e. The second-order valence-corrected chi connectivity index (χ2v) is 19.3. The average Bonchev–Trinajstić information content (AvgIpc) is 4.03. The summed E-state index contributed by atoms with van der Waals surface area (Å²) in [6.07, 6.45) is 13.7. The third-order valence-corrected chi connectivity index (χ3v) is 15.0. The lowest BCUT2D eigenvalue weighted by Crippen LogP contribution is -2.59. The van der Waals surface area contributed by atoms with Crippen molar-refractivity contribution in [3.63, 3.8) is 0 Å². The predicted molar refractivity (Wildman–Crippen MR) is 220 cm³/mol. The first-order valence-corrected chi connectivity index (χ1v) is 22.8. The Morgan fingerprint density at radius 1 is 1.00 bits per heavy atom. The number of benzene rings is 1. The van der Waals surface area contributed by atoms with Crippen molar-refractivity contribution in [3.8, 4) is 5.88 Å². The topological polar surface area (TPSA) is 172 Å².